The van der Waals surface area contributed by atoms with E-state index >= 15 is 0 Å². The highest BCUT2D eigenvalue weighted by atomic mass is 19.4. The molecule has 2 atom stereocenters. The zero-order chi connectivity index (χ0) is 28.6. The van der Waals surface area contributed by atoms with Gasteiger partial charge in [0.2, 0.25) is 5.88 Å². The van der Waals surface area contributed by atoms with Crippen LogP contribution in [0.3, 0.4) is 0 Å². The number of alkyl halides is 3. The fourth-order valence-corrected chi connectivity index (χ4v) is 4.72. The van der Waals surface area contributed by atoms with Gasteiger partial charge in [-0.3, -0.25) is 24.5 Å². The molecule has 14 heteroatoms. The molecule has 0 saturated carbocycles. The van der Waals surface area contributed by atoms with E-state index in [1.54, 1.807) is 18.2 Å². The number of nitrogens with zero attached hydrogens (tertiary/aromatic N) is 4. The number of pyridine rings is 3. The minimum atomic E-state index is -4.40. The minimum Gasteiger partial charge on any atom is -0.438 e. The topological polar surface area (TPSA) is 165 Å². The Morgan fingerprint density at radius 2 is 1.85 bits per heavy atom. The summed E-state index contributed by atoms with van der Waals surface area (Å²) < 4.78 is 46.1. The van der Waals surface area contributed by atoms with Gasteiger partial charge in [-0.1, -0.05) is 6.07 Å². The third-order valence-corrected chi connectivity index (χ3v) is 6.67. The lowest BCUT2D eigenvalue weighted by atomic mass is 9.93. The number of carbonyl (C=O) groups excluding carboxylic acids is 2. The van der Waals surface area contributed by atoms with Crippen LogP contribution in [0.4, 0.5) is 30.4 Å². The number of hydrogen-bond acceptors (Lipinski definition) is 9. The molecule has 11 nitrogen and oxygen atoms in total. The molecular weight excluding hydrogens is 529 g/mol. The van der Waals surface area contributed by atoms with Gasteiger partial charge in [0.05, 0.1) is 23.5 Å². The lowest BCUT2D eigenvalue weighted by Gasteiger charge is -2.39. The molecule has 0 aromatic carbocycles. The fraction of sp³-hybridized carbons (Fsp3) is 0.269. The SMILES string of the molecule is CNC(=O)c1ccc(-c2cnc3c(C(=O)Nc4cnccc4N4CC(N)CC(C(F)(F)F)C4)c(N)oc3c2)cn1. The van der Waals surface area contributed by atoms with Crippen LogP contribution >= 0.6 is 0 Å². The third-order valence-electron chi connectivity index (χ3n) is 6.67. The van der Waals surface area contributed by atoms with Gasteiger partial charge in [-0.25, -0.2) is 0 Å². The predicted molar refractivity (Wildman–Crippen MR) is 142 cm³/mol. The molecule has 0 radical (unpaired) electrons. The molecule has 2 amide bonds. The number of halogens is 3. The monoisotopic (exact) mass is 554 g/mol. The van der Waals surface area contributed by atoms with E-state index in [1.165, 1.54) is 42.8 Å². The van der Waals surface area contributed by atoms with Gasteiger partial charge < -0.3 is 31.4 Å². The molecule has 5 rings (SSSR count). The summed E-state index contributed by atoms with van der Waals surface area (Å²) in [6.45, 7) is -0.121. The Morgan fingerprint density at radius 3 is 2.55 bits per heavy atom. The third kappa shape index (κ3) is 5.25. The quantitative estimate of drug-likeness (QED) is 0.290. The van der Waals surface area contributed by atoms with Crippen molar-refractivity contribution in [2.45, 2.75) is 18.6 Å². The summed E-state index contributed by atoms with van der Waals surface area (Å²) in [7, 11) is 1.51. The van der Waals surface area contributed by atoms with E-state index in [-0.39, 0.29) is 59.3 Å². The van der Waals surface area contributed by atoms with Crippen LogP contribution in [0.1, 0.15) is 27.3 Å². The van der Waals surface area contributed by atoms with Gasteiger partial charge in [-0.05, 0) is 24.6 Å². The number of fused-ring (bicyclic) bond motifs is 1. The first kappa shape index (κ1) is 26.9. The van der Waals surface area contributed by atoms with E-state index in [9.17, 15) is 22.8 Å². The highest BCUT2D eigenvalue weighted by Gasteiger charge is 2.44. The first-order valence-electron chi connectivity index (χ1n) is 12.2. The molecule has 0 aliphatic carbocycles. The van der Waals surface area contributed by atoms with Gasteiger partial charge in [-0.15, -0.1) is 0 Å². The van der Waals surface area contributed by atoms with Crippen molar-refractivity contribution in [1.82, 2.24) is 20.3 Å². The van der Waals surface area contributed by atoms with Crippen LogP contribution in [0.15, 0.2) is 53.5 Å². The molecule has 4 aromatic rings. The maximum Gasteiger partial charge on any atom is 0.393 e. The standard InChI is InChI=1S/C26H25F3N8O3/c1-32-24(38)17-3-2-13(8-34-17)14-6-20-22(35-9-14)21(23(31)40-20)25(39)36-18-10-33-5-4-19(18)37-11-15(26(27,28)29)7-16(30)12-37/h2-6,8-10,15-16H,7,11-12,30-31H2,1H3,(H,32,38)(H,36,39). The smallest absolute Gasteiger partial charge is 0.393 e. The van der Waals surface area contributed by atoms with Gasteiger partial charge in [0.15, 0.2) is 5.58 Å². The van der Waals surface area contributed by atoms with E-state index in [1.807, 2.05) is 0 Å². The number of hydrogen-bond donors (Lipinski definition) is 4. The highest BCUT2D eigenvalue weighted by molar-refractivity contribution is 6.15. The number of nitrogens with two attached hydrogens (primary N) is 2. The maximum atomic E-state index is 13.5. The summed E-state index contributed by atoms with van der Waals surface area (Å²) >= 11 is 0. The van der Waals surface area contributed by atoms with Gasteiger partial charge in [0, 0.05) is 55.9 Å². The van der Waals surface area contributed by atoms with E-state index in [4.69, 9.17) is 15.9 Å². The maximum absolute atomic E-state index is 13.5. The Morgan fingerprint density at radius 1 is 1.07 bits per heavy atom. The van der Waals surface area contributed by atoms with Crippen molar-refractivity contribution in [2.75, 3.05) is 36.1 Å². The number of carbonyl (C=O) groups is 2. The predicted octanol–water partition coefficient (Wildman–Crippen LogP) is 3.19. The molecule has 1 aliphatic rings. The normalized spacial score (nSPS) is 17.6. The van der Waals surface area contributed by atoms with Gasteiger partial charge in [-0.2, -0.15) is 13.2 Å². The largest absolute Gasteiger partial charge is 0.438 e. The second kappa shape index (κ2) is 10.4. The molecule has 2 unspecified atom stereocenters. The van der Waals surface area contributed by atoms with Crippen molar-refractivity contribution < 1.29 is 27.2 Å². The van der Waals surface area contributed by atoms with E-state index in [0.29, 0.717) is 16.8 Å². The molecular formula is C26H25F3N8O3. The Balaban J connectivity index is 1.41. The molecule has 1 aliphatic heterocycles. The first-order chi connectivity index (χ1) is 19.0. The van der Waals surface area contributed by atoms with Crippen molar-refractivity contribution in [3.05, 3.63) is 60.3 Å². The second-order valence-electron chi connectivity index (χ2n) is 9.41. The van der Waals surface area contributed by atoms with Crippen molar-refractivity contribution in [3.8, 4) is 11.1 Å². The molecule has 208 valence electrons. The lowest BCUT2D eigenvalue weighted by Crippen LogP contribution is -2.51. The summed E-state index contributed by atoms with van der Waals surface area (Å²) in [5, 5.41) is 5.18. The van der Waals surface area contributed by atoms with Crippen LogP contribution < -0.4 is 27.0 Å². The number of rotatable bonds is 5. The average Bonchev–Trinajstić information content (AvgIpc) is 3.27. The number of piperidine rings is 1. The van der Waals surface area contributed by atoms with Crippen molar-refractivity contribution >= 4 is 40.2 Å². The van der Waals surface area contributed by atoms with E-state index in [2.05, 4.69) is 25.6 Å². The summed E-state index contributed by atoms with van der Waals surface area (Å²) in [5.41, 5.74) is 14.4. The zero-order valence-electron chi connectivity index (χ0n) is 21.2. The molecule has 0 spiro atoms. The first-order valence-corrected chi connectivity index (χ1v) is 12.2. The summed E-state index contributed by atoms with van der Waals surface area (Å²) in [6, 6.07) is 5.71. The molecule has 6 N–H and O–H groups in total. The number of amides is 2. The molecule has 0 bridgehead atoms. The highest BCUT2D eigenvalue weighted by Crippen LogP contribution is 2.37. The van der Waals surface area contributed by atoms with Crippen LogP contribution in [0.25, 0.3) is 22.2 Å². The zero-order valence-corrected chi connectivity index (χ0v) is 21.2. The fourth-order valence-electron chi connectivity index (χ4n) is 4.72. The van der Waals surface area contributed by atoms with E-state index in [0.717, 1.165) is 0 Å². The molecule has 1 fully saturated rings. The second-order valence-corrected chi connectivity index (χ2v) is 9.41. The van der Waals surface area contributed by atoms with Crippen molar-refractivity contribution in [3.63, 3.8) is 0 Å². The summed E-state index contributed by atoms with van der Waals surface area (Å²) in [5.74, 6) is -2.78. The summed E-state index contributed by atoms with van der Waals surface area (Å²) in [4.78, 5) is 39.1. The lowest BCUT2D eigenvalue weighted by molar-refractivity contribution is -0.177. The minimum absolute atomic E-state index is 0.0343. The Hall–Kier alpha value is -4.72. The van der Waals surface area contributed by atoms with Crippen molar-refractivity contribution in [1.29, 1.82) is 0 Å². The van der Waals surface area contributed by atoms with Crippen LogP contribution in [-0.2, 0) is 0 Å². The Kier molecular flexibility index (Phi) is 7.02. The number of furan rings is 1. The van der Waals surface area contributed by atoms with Crippen molar-refractivity contribution in [2.24, 2.45) is 11.7 Å². The van der Waals surface area contributed by atoms with Gasteiger partial charge >= 0.3 is 6.18 Å². The van der Waals surface area contributed by atoms with Gasteiger partial charge in [0.25, 0.3) is 11.8 Å². The number of aromatic nitrogens is 3. The van der Waals surface area contributed by atoms with Crippen LogP contribution in [0.5, 0.6) is 0 Å². The average molecular weight is 555 g/mol. The van der Waals surface area contributed by atoms with Crippen LogP contribution in [0.2, 0.25) is 0 Å². The van der Waals surface area contributed by atoms with E-state index < -0.39 is 24.0 Å². The van der Waals surface area contributed by atoms with Crippen LogP contribution in [-0.4, -0.2) is 59.1 Å². The Labute approximate surface area is 225 Å². The molecule has 5 heterocycles. The molecule has 40 heavy (non-hydrogen) atoms. The van der Waals surface area contributed by atoms with Crippen LogP contribution in [0, 0.1) is 5.92 Å². The number of nitrogens with one attached hydrogen (secondary N) is 2. The summed E-state index contributed by atoms with van der Waals surface area (Å²) in [6.07, 6.45) is 1.21. The number of nitrogen functional groups attached to an aromatic ring is 1. The Bertz CT molecular complexity index is 1570. The van der Waals surface area contributed by atoms with Gasteiger partial charge in [0.1, 0.15) is 16.8 Å². The molecule has 1 saturated heterocycles. The molecule has 4 aromatic heterocycles. The number of anilines is 3.